The van der Waals surface area contributed by atoms with E-state index in [9.17, 15) is 14.9 Å². The lowest BCUT2D eigenvalue weighted by atomic mass is 10.1. The van der Waals surface area contributed by atoms with Crippen LogP contribution in [0.1, 0.15) is 15.9 Å². The maximum atomic E-state index is 10.9. The number of nitro benzene ring substituents is 1. The van der Waals surface area contributed by atoms with Gasteiger partial charge in [-0.2, -0.15) is 0 Å². The van der Waals surface area contributed by atoms with Crippen molar-refractivity contribution in [3.8, 4) is 0 Å². The molecule has 0 aliphatic carbocycles. The molecule has 0 unspecified atom stereocenters. The third-order valence-electron chi connectivity index (χ3n) is 2.80. The third kappa shape index (κ3) is 2.92. The fourth-order valence-electron chi connectivity index (χ4n) is 1.78. The minimum atomic E-state index is -1.02. The average Bonchev–Trinajstić information content (AvgIpc) is 2.41. The number of nitrogens with zero attached hydrogens (tertiary/aromatic N) is 1. The molecule has 0 bridgehead atoms. The van der Waals surface area contributed by atoms with E-state index in [0.29, 0.717) is 16.9 Å². The zero-order chi connectivity index (χ0) is 14.7. The Morgan fingerprint density at radius 2 is 1.90 bits per heavy atom. The lowest BCUT2D eigenvalue weighted by Crippen LogP contribution is -1.98. The molecule has 2 N–H and O–H groups in total. The van der Waals surface area contributed by atoms with E-state index >= 15 is 0 Å². The number of carboxylic acids is 1. The van der Waals surface area contributed by atoms with E-state index in [1.807, 2.05) is 0 Å². The lowest BCUT2D eigenvalue weighted by Gasteiger charge is -2.08. The normalized spacial score (nSPS) is 10.1. The fraction of sp³-hybridized carbons (Fsp3) is 0.0714. The van der Waals surface area contributed by atoms with Crippen molar-refractivity contribution < 1.29 is 14.8 Å². The molecule has 0 spiro atoms. The van der Waals surface area contributed by atoms with Crippen LogP contribution in [0.4, 0.5) is 17.1 Å². The van der Waals surface area contributed by atoms with E-state index in [-0.39, 0.29) is 11.3 Å². The van der Waals surface area contributed by atoms with Crippen LogP contribution in [-0.2, 0) is 0 Å². The van der Waals surface area contributed by atoms with Crippen LogP contribution >= 0.6 is 0 Å². The summed E-state index contributed by atoms with van der Waals surface area (Å²) in [6, 6.07) is 11.0. The highest BCUT2D eigenvalue weighted by Gasteiger charge is 2.11. The summed E-state index contributed by atoms with van der Waals surface area (Å²) in [6.45, 7) is 1.66. The SMILES string of the molecule is Cc1ccc(Nc2cccc(C(=O)O)c2)cc1[N+](=O)[O-]. The summed E-state index contributed by atoms with van der Waals surface area (Å²) in [4.78, 5) is 21.3. The maximum Gasteiger partial charge on any atom is 0.335 e. The highest BCUT2D eigenvalue weighted by Crippen LogP contribution is 2.25. The van der Waals surface area contributed by atoms with Gasteiger partial charge in [-0.05, 0) is 31.2 Å². The quantitative estimate of drug-likeness (QED) is 0.657. The molecule has 0 saturated carbocycles. The van der Waals surface area contributed by atoms with Gasteiger partial charge in [0.1, 0.15) is 0 Å². The molecule has 0 aromatic heterocycles. The molecule has 6 nitrogen and oxygen atoms in total. The summed E-state index contributed by atoms with van der Waals surface area (Å²) in [5.41, 5.74) is 1.83. The van der Waals surface area contributed by atoms with Crippen LogP contribution in [0.3, 0.4) is 0 Å². The molecule has 0 amide bonds. The monoisotopic (exact) mass is 272 g/mol. The second-order valence-electron chi connectivity index (χ2n) is 4.27. The van der Waals surface area contributed by atoms with Crippen molar-refractivity contribution in [2.75, 3.05) is 5.32 Å². The minimum Gasteiger partial charge on any atom is -0.478 e. The Morgan fingerprint density at radius 3 is 2.55 bits per heavy atom. The number of carboxylic acid groups (broad SMARTS) is 1. The summed E-state index contributed by atoms with van der Waals surface area (Å²) in [6.07, 6.45) is 0. The molecule has 0 heterocycles. The number of hydrogen-bond donors (Lipinski definition) is 2. The zero-order valence-electron chi connectivity index (χ0n) is 10.7. The van der Waals surface area contributed by atoms with Crippen LogP contribution < -0.4 is 5.32 Å². The molecule has 0 saturated heterocycles. The molecule has 2 aromatic carbocycles. The second-order valence-corrected chi connectivity index (χ2v) is 4.27. The Labute approximate surface area is 114 Å². The van der Waals surface area contributed by atoms with Crippen molar-refractivity contribution in [1.29, 1.82) is 0 Å². The molecule has 0 aliphatic heterocycles. The molecular formula is C14H12N2O4. The van der Waals surface area contributed by atoms with Crippen molar-refractivity contribution in [2.45, 2.75) is 6.92 Å². The van der Waals surface area contributed by atoms with Gasteiger partial charge in [-0.15, -0.1) is 0 Å². The van der Waals surface area contributed by atoms with E-state index in [1.54, 1.807) is 31.2 Å². The predicted molar refractivity (Wildman–Crippen MR) is 74.5 cm³/mol. The standard InChI is InChI=1S/C14H12N2O4/c1-9-5-6-12(8-13(9)16(19)20)15-11-4-2-3-10(7-11)14(17)18/h2-8,15H,1H3,(H,17,18). The number of hydrogen-bond acceptors (Lipinski definition) is 4. The first-order valence-electron chi connectivity index (χ1n) is 5.83. The van der Waals surface area contributed by atoms with Crippen LogP contribution in [0.25, 0.3) is 0 Å². The Kier molecular flexibility index (Phi) is 3.65. The number of aromatic carboxylic acids is 1. The van der Waals surface area contributed by atoms with Crippen LogP contribution in [-0.4, -0.2) is 16.0 Å². The van der Waals surface area contributed by atoms with Gasteiger partial charge in [0.15, 0.2) is 0 Å². The maximum absolute atomic E-state index is 10.9. The van der Waals surface area contributed by atoms with Crippen LogP contribution in [0.5, 0.6) is 0 Å². The number of anilines is 2. The summed E-state index contributed by atoms with van der Waals surface area (Å²) < 4.78 is 0. The van der Waals surface area contributed by atoms with Crippen molar-refractivity contribution in [3.05, 3.63) is 63.7 Å². The van der Waals surface area contributed by atoms with Gasteiger partial charge < -0.3 is 10.4 Å². The first-order chi connectivity index (χ1) is 9.47. The molecule has 2 aromatic rings. The van der Waals surface area contributed by atoms with Gasteiger partial charge >= 0.3 is 5.97 Å². The first-order valence-corrected chi connectivity index (χ1v) is 5.83. The summed E-state index contributed by atoms with van der Waals surface area (Å²) >= 11 is 0. The molecule has 2 rings (SSSR count). The molecule has 20 heavy (non-hydrogen) atoms. The van der Waals surface area contributed by atoms with E-state index in [4.69, 9.17) is 5.11 Å². The average molecular weight is 272 g/mol. The molecule has 0 aliphatic rings. The van der Waals surface area contributed by atoms with Gasteiger partial charge in [-0.1, -0.05) is 12.1 Å². The highest BCUT2D eigenvalue weighted by molar-refractivity contribution is 5.89. The number of carbonyl (C=O) groups is 1. The molecule has 6 heteroatoms. The van der Waals surface area contributed by atoms with E-state index in [2.05, 4.69) is 5.32 Å². The molecule has 0 radical (unpaired) electrons. The lowest BCUT2D eigenvalue weighted by molar-refractivity contribution is -0.385. The number of nitrogens with one attached hydrogen (secondary N) is 1. The number of benzene rings is 2. The van der Waals surface area contributed by atoms with Gasteiger partial charge in [-0.25, -0.2) is 4.79 Å². The number of aryl methyl sites for hydroxylation is 1. The van der Waals surface area contributed by atoms with Gasteiger partial charge in [0, 0.05) is 23.0 Å². The third-order valence-corrected chi connectivity index (χ3v) is 2.80. The Hall–Kier alpha value is -2.89. The number of nitro groups is 1. The van der Waals surface area contributed by atoms with Gasteiger partial charge in [0.05, 0.1) is 10.5 Å². The van der Waals surface area contributed by atoms with Gasteiger partial charge in [-0.3, -0.25) is 10.1 Å². The van der Waals surface area contributed by atoms with Crippen molar-refractivity contribution in [3.63, 3.8) is 0 Å². The largest absolute Gasteiger partial charge is 0.478 e. The Balaban J connectivity index is 2.30. The summed E-state index contributed by atoms with van der Waals surface area (Å²) in [7, 11) is 0. The van der Waals surface area contributed by atoms with E-state index in [1.165, 1.54) is 18.2 Å². The first kappa shape index (κ1) is 13.5. The smallest absolute Gasteiger partial charge is 0.335 e. The molecule has 0 fully saturated rings. The number of rotatable bonds is 4. The van der Waals surface area contributed by atoms with Crippen molar-refractivity contribution in [1.82, 2.24) is 0 Å². The van der Waals surface area contributed by atoms with Gasteiger partial charge in [0.25, 0.3) is 5.69 Å². The van der Waals surface area contributed by atoms with Crippen LogP contribution in [0.15, 0.2) is 42.5 Å². The van der Waals surface area contributed by atoms with Crippen molar-refractivity contribution in [2.24, 2.45) is 0 Å². The summed E-state index contributed by atoms with van der Waals surface area (Å²) in [5.74, 6) is -1.02. The second kappa shape index (κ2) is 5.40. The summed E-state index contributed by atoms with van der Waals surface area (Å²) in [5, 5.41) is 22.7. The topological polar surface area (TPSA) is 92.5 Å². The van der Waals surface area contributed by atoms with Crippen LogP contribution in [0.2, 0.25) is 0 Å². The minimum absolute atomic E-state index is 0.0180. The molecular weight excluding hydrogens is 260 g/mol. The fourth-order valence-corrected chi connectivity index (χ4v) is 1.78. The van der Waals surface area contributed by atoms with E-state index < -0.39 is 10.9 Å². The van der Waals surface area contributed by atoms with Crippen LogP contribution in [0, 0.1) is 17.0 Å². The zero-order valence-corrected chi connectivity index (χ0v) is 10.7. The Morgan fingerprint density at radius 1 is 1.20 bits per heavy atom. The predicted octanol–water partition coefficient (Wildman–Crippen LogP) is 3.35. The van der Waals surface area contributed by atoms with Crippen molar-refractivity contribution >= 4 is 23.0 Å². The molecule has 0 atom stereocenters. The molecule has 102 valence electrons. The highest BCUT2D eigenvalue weighted by atomic mass is 16.6. The Bertz CT molecular complexity index is 683. The van der Waals surface area contributed by atoms with Gasteiger partial charge in [0.2, 0.25) is 0 Å². The van der Waals surface area contributed by atoms with E-state index in [0.717, 1.165) is 0 Å².